The van der Waals surface area contributed by atoms with E-state index in [-0.39, 0.29) is 23.0 Å². The molecule has 1 aliphatic heterocycles. The van der Waals surface area contributed by atoms with Crippen LogP contribution in [0, 0.1) is 5.41 Å². The summed E-state index contributed by atoms with van der Waals surface area (Å²) in [5.41, 5.74) is 4.44. The molecule has 2 unspecified atom stereocenters. The highest BCUT2D eigenvalue weighted by atomic mass is 16.3. The number of amides is 1. The molecule has 0 saturated heterocycles. The van der Waals surface area contributed by atoms with Crippen molar-refractivity contribution in [1.82, 2.24) is 14.8 Å². The highest BCUT2D eigenvalue weighted by Crippen LogP contribution is 2.38. The second-order valence-electron chi connectivity index (χ2n) is 11.6. The van der Waals surface area contributed by atoms with Gasteiger partial charge in [0.25, 0.3) is 0 Å². The number of hydrogen-bond donors (Lipinski definition) is 1. The summed E-state index contributed by atoms with van der Waals surface area (Å²) >= 11 is 0. The van der Waals surface area contributed by atoms with Gasteiger partial charge in [0, 0.05) is 29.1 Å². The summed E-state index contributed by atoms with van der Waals surface area (Å²) in [5.74, 6) is 0.307. The molecular weight excluding hydrogens is 498 g/mol. The van der Waals surface area contributed by atoms with E-state index >= 15 is 0 Å². The number of rotatable bonds is 10. The maximum atomic E-state index is 14.3. The highest BCUT2D eigenvalue weighted by Gasteiger charge is 2.33. The molecule has 0 radical (unpaired) electrons. The summed E-state index contributed by atoms with van der Waals surface area (Å²) in [6, 6.07) is 9.55. The predicted octanol–water partition coefficient (Wildman–Crippen LogP) is 6.58. The molecule has 0 saturated carbocycles. The summed E-state index contributed by atoms with van der Waals surface area (Å²) in [6.07, 6.45) is 18.0. The number of phenols is 1. The van der Waals surface area contributed by atoms with E-state index < -0.39 is 0 Å². The SMILES string of the molecule is CCCCC1(Cn2cc(CN(C(=O)C3CCCc4c(O)cccc43)c3ccc(C(C)C)nc3)cn2)C=CCN=C1. The van der Waals surface area contributed by atoms with Crippen LogP contribution in [0.25, 0.3) is 0 Å². The van der Waals surface area contributed by atoms with Crippen LogP contribution in [0.5, 0.6) is 5.75 Å². The van der Waals surface area contributed by atoms with Gasteiger partial charge >= 0.3 is 0 Å². The normalized spacial score (nSPS) is 20.1. The van der Waals surface area contributed by atoms with E-state index in [0.29, 0.717) is 12.5 Å². The van der Waals surface area contributed by atoms with Crippen LogP contribution in [0.2, 0.25) is 0 Å². The van der Waals surface area contributed by atoms with Crippen molar-refractivity contribution < 1.29 is 9.90 Å². The molecule has 1 aliphatic carbocycles. The van der Waals surface area contributed by atoms with Gasteiger partial charge in [-0.25, -0.2) is 0 Å². The van der Waals surface area contributed by atoms with Crippen LogP contribution < -0.4 is 4.90 Å². The number of pyridine rings is 1. The fourth-order valence-electron chi connectivity index (χ4n) is 5.98. The van der Waals surface area contributed by atoms with Gasteiger partial charge in [0.15, 0.2) is 0 Å². The van der Waals surface area contributed by atoms with E-state index in [1.165, 1.54) is 0 Å². The number of phenolic OH excluding ortho intramolecular Hbond substituents is 1. The lowest BCUT2D eigenvalue weighted by molar-refractivity contribution is -0.120. The predicted molar refractivity (Wildman–Crippen MR) is 160 cm³/mol. The van der Waals surface area contributed by atoms with Crippen molar-refractivity contribution in [2.75, 3.05) is 11.4 Å². The zero-order valence-corrected chi connectivity index (χ0v) is 24.0. The summed E-state index contributed by atoms with van der Waals surface area (Å²) in [6.45, 7) is 8.30. The van der Waals surface area contributed by atoms with Gasteiger partial charge < -0.3 is 10.0 Å². The Balaban J connectivity index is 1.43. The van der Waals surface area contributed by atoms with Gasteiger partial charge in [-0.05, 0) is 60.9 Å². The van der Waals surface area contributed by atoms with Crippen LogP contribution >= 0.6 is 0 Å². The third-order valence-electron chi connectivity index (χ3n) is 8.21. The van der Waals surface area contributed by atoms with Crippen molar-refractivity contribution in [2.24, 2.45) is 10.4 Å². The van der Waals surface area contributed by atoms with Crippen molar-refractivity contribution >= 4 is 17.8 Å². The molecule has 2 atom stereocenters. The molecule has 3 aromatic rings. The molecule has 0 bridgehead atoms. The molecule has 5 rings (SSSR count). The molecule has 1 N–H and O–H groups in total. The van der Waals surface area contributed by atoms with Gasteiger partial charge in [-0.15, -0.1) is 0 Å². The number of benzene rings is 1. The number of aromatic hydroxyl groups is 1. The summed E-state index contributed by atoms with van der Waals surface area (Å²) in [5, 5.41) is 15.2. The van der Waals surface area contributed by atoms with Crippen molar-refractivity contribution in [3.8, 4) is 5.75 Å². The molecule has 2 aromatic heterocycles. The van der Waals surface area contributed by atoms with Crippen molar-refractivity contribution in [3.63, 3.8) is 0 Å². The van der Waals surface area contributed by atoms with E-state index in [2.05, 4.69) is 55.3 Å². The van der Waals surface area contributed by atoms with Crippen LogP contribution in [0.4, 0.5) is 5.69 Å². The minimum absolute atomic E-state index is 0.0279. The second-order valence-corrected chi connectivity index (χ2v) is 11.6. The lowest BCUT2D eigenvalue weighted by Crippen LogP contribution is -2.36. The fraction of sp³-hybridized carbons (Fsp3) is 0.455. The van der Waals surface area contributed by atoms with E-state index in [0.717, 1.165) is 79.7 Å². The first-order valence-corrected chi connectivity index (χ1v) is 14.7. The number of unbranched alkanes of at least 4 members (excludes halogenated alkanes) is 1. The molecule has 210 valence electrons. The number of carbonyl (C=O) groups excluding carboxylic acids is 1. The molecule has 40 heavy (non-hydrogen) atoms. The van der Waals surface area contributed by atoms with Crippen molar-refractivity contribution in [1.29, 1.82) is 0 Å². The van der Waals surface area contributed by atoms with Crippen molar-refractivity contribution in [2.45, 2.75) is 84.2 Å². The number of dihydropyridines is 1. The van der Waals surface area contributed by atoms with Crippen LogP contribution in [0.1, 0.15) is 87.1 Å². The lowest BCUT2D eigenvalue weighted by Gasteiger charge is -2.31. The molecule has 1 aromatic carbocycles. The molecule has 7 heteroatoms. The Bertz CT molecular complexity index is 1360. The number of hydrogen-bond acceptors (Lipinski definition) is 5. The molecule has 0 spiro atoms. The standard InChI is InChI=1S/C33H41N5O2/c1-4-5-15-33(16-8-17-34-22-33)23-37-20-25(18-36-37)21-38(26-13-14-30(24(2)3)35-19-26)32(40)29-11-6-10-28-27(29)9-7-12-31(28)39/h7-9,12-14,16,18-20,22,24,29,39H,4-6,10-11,15,17,21,23H2,1-3H3. The molecule has 7 nitrogen and oxygen atoms in total. The van der Waals surface area contributed by atoms with E-state index in [1.807, 2.05) is 46.2 Å². The largest absolute Gasteiger partial charge is 0.508 e. The van der Waals surface area contributed by atoms with Crippen molar-refractivity contribution in [3.05, 3.63) is 83.5 Å². The second kappa shape index (κ2) is 12.2. The third kappa shape index (κ3) is 6.03. The van der Waals surface area contributed by atoms with Crippen LogP contribution in [0.3, 0.4) is 0 Å². The van der Waals surface area contributed by atoms with E-state index in [1.54, 1.807) is 6.07 Å². The Kier molecular flexibility index (Phi) is 8.48. The van der Waals surface area contributed by atoms with Crippen LogP contribution in [-0.4, -0.2) is 38.5 Å². The summed E-state index contributed by atoms with van der Waals surface area (Å²) in [7, 11) is 0. The minimum Gasteiger partial charge on any atom is -0.508 e. The van der Waals surface area contributed by atoms with Gasteiger partial charge in [0.05, 0.1) is 43.6 Å². The van der Waals surface area contributed by atoms with Gasteiger partial charge in [0.1, 0.15) is 5.75 Å². The van der Waals surface area contributed by atoms with Crippen LogP contribution in [-0.2, 0) is 24.3 Å². The topological polar surface area (TPSA) is 83.6 Å². The Morgan fingerprint density at radius 2 is 2.10 bits per heavy atom. The van der Waals surface area contributed by atoms with Gasteiger partial charge in [-0.3, -0.25) is 19.5 Å². The number of fused-ring (bicyclic) bond motifs is 1. The lowest BCUT2D eigenvalue weighted by atomic mass is 9.81. The molecule has 1 amide bonds. The number of allylic oxidation sites excluding steroid dienone is 1. The number of aromatic nitrogens is 3. The Morgan fingerprint density at radius 1 is 1.23 bits per heavy atom. The monoisotopic (exact) mass is 539 g/mol. The van der Waals surface area contributed by atoms with Gasteiger partial charge in [-0.2, -0.15) is 5.10 Å². The first kappa shape index (κ1) is 27.8. The highest BCUT2D eigenvalue weighted by molar-refractivity contribution is 5.98. The smallest absolute Gasteiger partial charge is 0.234 e. The minimum atomic E-state index is -0.309. The summed E-state index contributed by atoms with van der Waals surface area (Å²) in [4.78, 5) is 25.3. The maximum absolute atomic E-state index is 14.3. The quantitative estimate of drug-likeness (QED) is 0.295. The molecule has 0 fully saturated rings. The fourth-order valence-corrected chi connectivity index (χ4v) is 5.98. The molecular formula is C33H41N5O2. The van der Waals surface area contributed by atoms with E-state index in [4.69, 9.17) is 5.10 Å². The Labute approximate surface area is 237 Å². The Morgan fingerprint density at radius 3 is 2.83 bits per heavy atom. The zero-order chi connectivity index (χ0) is 28.1. The van der Waals surface area contributed by atoms with E-state index in [9.17, 15) is 9.90 Å². The first-order chi connectivity index (χ1) is 19.4. The Hall–Kier alpha value is -3.74. The molecule has 3 heterocycles. The zero-order valence-electron chi connectivity index (χ0n) is 24.0. The van der Waals surface area contributed by atoms with Crippen LogP contribution in [0.15, 0.2) is 66.1 Å². The first-order valence-electron chi connectivity index (χ1n) is 14.7. The van der Waals surface area contributed by atoms with Gasteiger partial charge in [-0.1, -0.05) is 57.9 Å². The van der Waals surface area contributed by atoms with Gasteiger partial charge in [0.2, 0.25) is 5.91 Å². The average molecular weight is 540 g/mol. The molecule has 2 aliphatic rings. The number of anilines is 1. The average Bonchev–Trinajstić information content (AvgIpc) is 3.41. The maximum Gasteiger partial charge on any atom is 0.234 e. The number of carbonyl (C=O) groups is 1. The summed E-state index contributed by atoms with van der Waals surface area (Å²) < 4.78 is 1.99. The third-order valence-corrected chi connectivity index (χ3v) is 8.21. The number of aliphatic imine (C=N–C) groups is 1. The number of nitrogens with zero attached hydrogens (tertiary/aromatic N) is 5.